The Hall–Kier alpha value is -2.64. The average molecular weight is 568 g/mol. The largest absolute Gasteiger partial charge is 0.365 e. The van der Waals surface area contributed by atoms with Crippen molar-refractivity contribution in [1.29, 1.82) is 0 Å². The predicted octanol–water partition coefficient (Wildman–Crippen LogP) is 0.0672. The van der Waals surface area contributed by atoms with E-state index in [9.17, 15) is 39.6 Å². The summed E-state index contributed by atoms with van der Waals surface area (Å²) in [5, 5.41) is 3.91. The molecule has 0 amide bonds. The van der Waals surface area contributed by atoms with Crippen molar-refractivity contribution in [2.24, 2.45) is 0 Å². The van der Waals surface area contributed by atoms with Gasteiger partial charge in [0, 0.05) is 0 Å². The second-order valence-corrected chi connectivity index (χ2v) is 14.8. The summed E-state index contributed by atoms with van der Waals surface area (Å²) < 4.78 is 74.9. The first-order chi connectivity index (χ1) is 15.4. The van der Waals surface area contributed by atoms with E-state index in [0.29, 0.717) is 34.0 Å². The van der Waals surface area contributed by atoms with E-state index in [-0.39, 0.29) is 0 Å². The summed E-state index contributed by atoms with van der Waals surface area (Å²) in [4.78, 5) is 39.1. The van der Waals surface area contributed by atoms with Gasteiger partial charge in [0.15, 0.2) is 0 Å². The summed E-state index contributed by atoms with van der Waals surface area (Å²) in [6, 6.07) is 6.90. The summed E-state index contributed by atoms with van der Waals surface area (Å²) >= 11 is 1.77. The fourth-order valence-corrected chi connectivity index (χ4v) is 9.76. The number of hydrogen-bond acceptors (Lipinski definition) is 12. The van der Waals surface area contributed by atoms with Crippen LogP contribution in [0.4, 0.5) is 0 Å². The van der Waals surface area contributed by atoms with Crippen LogP contribution in [0.25, 0.3) is 0 Å². The third-order valence-electron chi connectivity index (χ3n) is 4.01. The molecule has 4 aromatic heterocycles. The van der Waals surface area contributed by atoms with Crippen molar-refractivity contribution in [2.75, 3.05) is 0 Å². The Morgan fingerprint density at radius 2 is 0.727 bits per heavy atom. The van der Waals surface area contributed by atoms with Gasteiger partial charge in [0.2, 0.25) is 0 Å². The van der Waals surface area contributed by atoms with Gasteiger partial charge < -0.3 is 0 Å². The molecule has 12 nitrogen and oxygen atoms in total. The molecule has 0 fully saturated rings. The Labute approximate surface area is 197 Å². The van der Waals surface area contributed by atoms with Gasteiger partial charge in [-0.25, -0.2) is 14.4 Å². The van der Waals surface area contributed by atoms with Crippen molar-refractivity contribution in [3.05, 3.63) is 84.0 Å². The monoisotopic (exact) mass is 567 g/mol. The zero-order valence-corrected chi connectivity index (χ0v) is 20.6. The lowest BCUT2D eigenvalue weighted by Gasteiger charge is -2.13. The van der Waals surface area contributed by atoms with E-state index in [2.05, 4.69) is 0 Å². The number of aromatic nitrogens is 3. The number of hydrogen-bond donors (Lipinski definition) is 0. The van der Waals surface area contributed by atoms with Gasteiger partial charge >= 0.3 is 17.1 Å². The normalized spacial score (nSPS) is 12.7. The van der Waals surface area contributed by atoms with E-state index in [4.69, 9.17) is 0 Å². The lowest BCUT2D eigenvalue weighted by molar-refractivity contribution is 0.554. The summed E-state index contributed by atoms with van der Waals surface area (Å²) in [6.45, 7) is 0. The summed E-state index contributed by atoms with van der Waals surface area (Å²) in [5.74, 6) is 0. The summed E-state index contributed by atoms with van der Waals surface area (Å²) in [7, 11) is -15.2. The molecule has 0 atom stereocenters. The van der Waals surface area contributed by atoms with E-state index in [0.717, 1.165) is 18.2 Å². The van der Waals surface area contributed by atoms with Crippen LogP contribution in [-0.2, 0) is 30.1 Å². The predicted molar refractivity (Wildman–Crippen MR) is 120 cm³/mol. The zero-order chi connectivity index (χ0) is 24.2. The Bertz CT molecular complexity index is 1590. The minimum Gasteiger partial charge on any atom is -0.245 e. The van der Waals surface area contributed by atoms with Crippen molar-refractivity contribution in [3.8, 4) is 0 Å². The molecule has 0 bridgehead atoms. The van der Waals surface area contributed by atoms with Crippen LogP contribution in [0.1, 0.15) is 0 Å². The van der Waals surface area contributed by atoms with Gasteiger partial charge in [0.05, 0.1) is 0 Å². The lowest BCUT2D eigenvalue weighted by Crippen LogP contribution is -2.59. The van der Waals surface area contributed by atoms with Crippen molar-refractivity contribution >= 4 is 64.1 Å². The first-order valence-electron chi connectivity index (χ1n) is 8.30. The number of thiophene rings is 3. The molecule has 0 spiro atoms. The highest BCUT2D eigenvalue weighted by molar-refractivity contribution is 7.93. The second kappa shape index (κ2) is 7.99. The molecule has 0 radical (unpaired) electrons. The van der Waals surface area contributed by atoms with Crippen molar-refractivity contribution < 1.29 is 25.3 Å². The van der Waals surface area contributed by atoms with Crippen LogP contribution in [-0.4, -0.2) is 37.2 Å². The van der Waals surface area contributed by atoms with Crippen LogP contribution >= 0.6 is 34.0 Å². The smallest absolute Gasteiger partial charge is 0.245 e. The first kappa shape index (κ1) is 23.5. The molecular formula is C15H9N3O9S6. The highest BCUT2D eigenvalue weighted by atomic mass is 32.3. The Kier molecular flexibility index (Phi) is 5.69. The molecule has 4 aromatic rings. The maximum Gasteiger partial charge on any atom is 0.365 e. The van der Waals surface area contributed by atoms with Crippen LogP contribution < -0.4 is 17.1 Å². The van der Waals surface area contributed by atoms with Crippen molar-refractivity contribution in [3.63, 3.8) is 0 Å². The highest BCUT2D eigenvalue weighted by Crippen LogP contribution is 2.20. The molecule has 0 aromatic carbocycles. The molecule has 0 N–H and O–H groups in total. The van der Waals surface area contributed by atoms with E-state index in [1.807, 2.05) is 0 Å². The molecule has 0 aliphatic carbocycles. The molecule has 18 heteroatoms. The number of nitrogens with zero attached hydrogens (tertiary/aromatic N) is 3. The third kappa shape index (κ3) is 3.58. The minimum absolute atomic E-state index is 0.545. The molecular weight excluding hydrogens is 559 g/mol. The van der Waals surface area contributed by atoms with Gasteiger partial charge in [-0.15, -0.1) is 45.9 Å². The van der Waals surface area contributed by atoms with Gasteiger partial charge in [-0.3, -0.25) is 0 Å². The minimum atomic E-state index is -5.07. The fraction of sp³-hybridized carbons (Fsp3) is 0. The van der Waals surface area contributed by atoms with E-state index in [1.165, 1.54) is 34.3 Å². The molecule has 33 heavy (non-hydrogen) atoms. The maximum absolute atomic E-state index is 13.0. The zero-order valence-electron chi connectivity index (χ0n) is 15.7. The average Bonchev–Trinajstić information content (AvgIpc) is 3.51. The third-order valence-corrected chi connectivity index (χ3v) is 13.1. The Morgan fingerprint density at radius 1 is 0.485 bits per heavy atom. The molecule has 0 aliphatic heterocycles. The summed E-state index contributed by atoms with van der Waals surface area (Å²) in [5.41, 5.74) is -6.15. The molecule has 0 saturated heterocycles. The van der Waals surface area contributed by atoms with Crippen LogP contribution in [0, 0.1) is 0 Å². The SMILES string of the molecule is O=c1n(S(=O)(=O)c2cccs2)c(=O)n(S(=O)(=O)c2cccs2)c(=O)n1S(=O)(=O)c1cccs1. The first-order valence-corrected chi connectivity index (χ1v) is 15.3. The van der Waals surface area contributed by atoms with Gasteiger partial charge in [-0.1, -0.05) is 18.2 Å². The Morgan fingerprint density at radius 3 is 0.909 bits per heavy atom. The van der Waals surface area contributed by atoms with Crippen LogP contribution in [0.2, 0.25) is 0 Å². The van der Waals surface area contributed by atoms with Crippen LogP contribution in [0.15, 0.2) is 79.5 Å². The molecule has 174 valence electrons. The quantitative estimate of drug-likeness (QED) is 0.313. The standard InChI is InChI=1S/C15H9N3O9S6/c19-13-16(31(22,23)10-4-1-7-28-10)14(20)18(33(26,27)12-6-3-9-30-12)15(21)17(13)32(24,25)11-5-2-8-29-11/h1-9H. The van der Waals surface area contributed by atoms with Crippen molar-refractivity contribution in [2.45, 2.75) is 12.6 Å². The van der Waals surface area contributed by atoms with E-state index in [1.54, 1.807) is 0 Å². The van der Waals surface area contributed by atoms with Crippen LogP contribution in [0.5, 0.6) is 0 Å². The maximum atomic E-state index is 13.0. The number of rotatable bonds is 6. The lowest BCUT2D eigenvalue weighted by atomic mass is 10.7. The molecule has 0 aliphatic rings. The van der Waals surface area contributed by atoms with Gasteiger partial charge in [0.1, 0.15) is 12.6 Å². The Balaban J connectivity index is 2.25. The van der Waals surface area contributed by atoms with Crippen LogP contribution in [0.3, 0.4) is 0 Å². The van der Waals surface area contributed by atoms with Crippen molar-refractivity contribution in [1.82, 2.24) is 11.9 Å². The molecule has 0 saturated carbocycles. The topological polar surface area (TPSA) is 168 Å². The molecule has 4 heterocycles. The molecule has 4 rings (SSSR count). The fourth-order valence-electron chi connectivity index (χ4n) is 2.61. The summed E-state index contributed by atoms with van der Waals surface area (Å²) in [6.07, 6.45) is 0. The van der Waals surface area contributed by atoms with E-state index >= 15 is 0 Å². The van der Waals surface area contributed by atoms with E-state index < -0.39 is 71.7 Å². The van der Waals surface area contributed by atoms with Gasteiger partial charge in [0.25, 0.3) is 30.1 Å². The molecule has 0 unspecified atom stereocenters. The van der Waals surface area contributed by atoms with Gasteiger partial charge in [-0.05, 0) is 34.3 Å². The highest BCUT2D eigenvalue weighted by Gasteiger charge is 2.36. The second-order valence-electron chi connectivity index (χ2n) is 5.95. The van der Waals surface area contributed by atoms with Gasteiger partial charge in [-0.2, -0.15) is 25.3 Å².